The van der Waals surface area contributed by atoms with E-state index in [1.54, 1.807) is 0 Å². The van der Waals surface area contributed by atoms with E-state index in [4.69, 9.17) is 21.1 Å². The lowest BCUT2D eigenvalue weighted by Gasteiger charge is -2.43. The number of hydrogen-bond donors (Lipinski definition) is 2. The molecule has 0 bridgehead atoms. The minimum Gasteiger partial charge on any atom is -0.394 e. The summed E-state index contributed by atoms with van der Waals surface area (Å²) in [6, 6.07) is 1.33. The fourth-order valence-electron chi connectivity index (χ4n) is 4.20. The highest BCUT2D eigenvalue weighted by molar-refractivity contribution is 6.30. The summed E-state index contributed by atoms with van der Waals surface area (Å²) < 4.78 is 81.9. The first-order chi connectivity index (χ1) is 17.8. The average molecular weight is 567 g/mol. The van der Waals surface area contributed by atoms with Gasteiger partial charge >= 0.3 is 6.18 Å². The van der Waals surface area contributed by atoms with Crippen LogP contribution in [0.15, 0.2) is 24.5 Å². The van der Waals surface area contributed by atoms with Crippen LogP contribution in [0.1, 0.15) is 25.6 Å². The number of rotatable bonds is 7. The SMILES string of the molecule is CO[C@@H]1[C@@H](n2cc(-c3ccc(Cl)c(F)c3F)nn2)[C@@H](O)[C@@H](CO)O[C@@H]1Cc1cn(C(C)(C)C(F)(F)F)nn1. The largest absolute Gasteiger partial charge is 0.413 e. The summed E-state index contributed by atoms with van der Waals surface area (Å²) in [7, 11) is 1.32. The Morgan fingerprint density at radius 1 is 1.08 bits per heavy atom. The highest BCUT2D eigenvalue weighted by Gasteiger charge is 2.50. The maximum absolute atomic E-state index is 14.5. The van der Waals surface area contributed by atoms with Gasteiger partial charge < -0.3 is 19.7 Å². The number of aromatic nitrogens is 6. The van der Waals surface area contributed by atoms with Gasteiger partial charge in [0.2, 0.25) is 0 Å². The van der Waals surface area contributed by atoms with Crippen LogP contribution in [0.4, 0.5) is 22.0 Å². The molecule has 2 N–H and O–H groups in total. The minimum atomic E-state index is -4.59. The Labute approximate surface area is 217 Å². The molecule has 0 spiro atoms. The van der Waals surface area contributed by atoms with Crippen molar-refractivity contribution in [3.05, 3.63) is 46.9 Å². The predicted octanol–water partition coefficient (Wildman–Crippen LogP) is 2.69. The molecule has 5 atom stereocenters. The lowest BCUT2D eigenvalue weighted by Crippen LogP contribution is -2.57. The minimum absolute atomic E-state index is 0.0685. The Balaban J connectivity index is 1.64. The van der Waals surface area contributed by atoms with E-state index in [1.807, 2.05) is 0 Å². The molecule has 1 aliphatic heterocycles. The topological polar surface area (TPSA) is 120 Å². The van der Waals surface area contributed by atoms with E-state index in [1.165, 1.54) is 24.1 Å². The first-order valence-corrected chi connectivity index (χ1v) is 11.7. The molecule has 0 radical (unpaired) electrons. The third-order valence-electron chi connectivity index (χ3n) is 6.58. The second-order valence-electron chi connectivity index (χ2n) is 9.30. The van der Waals surface area contributed by atoms with Crippen LogP contribution in [0.2, 0.25) is 5.02 Å². The molecule has 4 rings (SSSR count). The molecule has 0 unspecified atom stereocenters. The van der Waals surface area contributed by atoms with Crippen molar-refractivity contribution in [1.82, 2.24) is 30.0 Å². The third kappa shape index (κ3) is 5.00. The Kier molecular flexibility index (Phi) is 7.78. The van der Waals surface area contributed by atoms with E-state index < -0.39 is 65.4 Å². The number of hydrogen-bond acceptors (Lipinski definition) is 8. The number of aliphatic hydroxyl groups is 2. The molecular formula is C22H24ClF5N6O4. The van der Waals surface area contributed by atoms with Gasteiger partial charge in [0.25, 0.3) is 0 Å². The van der Waals surface area contributed by atoms with Crippen molar-refractivity contribution in [3.8, 4) is 11.3 Å². The van der Waals surface area contributed by atoms with Gasteiger partial charge in [0.1, 0.15) is 30.0 Å². The standard InChI is InChI=1S/C22H24ClF5N6O4/c1-21(2,22(26,27)28)34-7-10(29-32-34)6-14-20(37-3)18(19(36)15(9-35)38-14)33-8-13(30-31-33)11-4-5-12(23)17(25)16(11)24/h4-5,7-8,14-15,18-20,35-36H,6,9H2,1-3H3/t14-,15-,18+,19+,20+/m1/s1. The van der Waals surface area contributed by atoms with Crippen LogP contribution >= 0.6 is 11.6 Å². The second kappa shape index (κ2) is 10.4. The van der Waals surface area contributed by atoms with Crippen molar-refractivity contribution in [3.63, 3.8) is 0 Å². The molecular weight excluding hydrogens is 543 g/mol. The van der Waals surface area contributed by atoms with Crippen molar-refractivity contribution in [2.24, 2.45) is 0 Å². The molecule has 1 aromatic carbocycles. The van der Waals surface area contributed by atoms with Gasteiger partial charge in [-0.15, -0.1) is 10.2 Å². The van der Waals surface area contributed by atoms with Crippen molar-refractivity contribution >= 4 is 11.6 Å². The maximum atomic E-state index is 14.5. The van der Waals surface area contributed by atoms with Gasteiger partial charge in [-0.1, -0.05) is 22.0 Å². The number of methoxy groups -OCH3 is 1. The van der Waals surface area contributed by atoms with E-state index >= 15 is 0 Å². The number of aliphatic hydroxyl groups excluding tert-OH is 2. The van der Waals surface area contributed by atoms with E-state index in [0.29, 0.717) is 4.68 Å². The number of alkyl halides is 3. The normalized spacial score (nSPS) is 24.7. The van der Waals surface area contributed by atoms with E-state index in [2.05, 4.69) is 20.6 Å². The fourth-order valence-corrected chi connectivity index (χ4v) is 4.35. The van der Waals surface area contributed by atoms with Gasteiger partial charge in [0.15, 0.2) is 17.2 Å². The smallest absolute Gasteiger partial charge is 0.394 e. The zero-order valence-electron chi connectivity index (χ0n) is 20.3. The van der Waals surface area contributed by atoms with Gasteiger partial charge in [-0.25, -0.2) is 18.1 Å². The van der Waals surface area contributed by atoms with Crippen LogP contribution in [0.25, 0.3) is 11.3 Å². The van der Waals surface area contributed by atoms with Gasteiger partial charge in [0.05, 0.1) is 29.6 Å². The molecule has 3 heterocycles. The van der Waals surface area contributed by atoms with Crippen LogP contribution in [0.3, 0.4) is 0 Å². The summed E-state index contributed by atoms with van der Waals surface area (Å²) in [4.78, 5) is 0. The summed E-state index contributed by atoms with van der Waals surface area (Å²) in [5.74, 6) is -2.50. The predicted molar refractivity (Wildman–Crippen MR) is 121 cm³/mol. The number of ether oxygens (including phenoxy) is 2. The molecule has 16 heteroatoms. The first kappa shape index (κ1) is 28.3. The Hall–Kier alpha value is -2.72. The number of benzene rings is 1. The van der Waals surface area contributed by atoms with Crippen molar-refractivity contribution in [2.45, 2.75) is 62.4 Å². The molecule has 10 nitrogen and oxygen atoms in total. The lowest BCUT2D eigenvalue weighted by atomic mass is 9.90. The summed E-state index contributed by atoms with van der Waals surface area (Å²) in [6.07, 6.45) is -6.74. The summed E-state index contributed by atoms with van der Waals surface area (Å²) in [5, 5.41) is 35.6. The average Bonchev–Trinajstić information content (AvgIpc) is 3.53. The zero-order valence-corrected chi connectivity index (χ0v) is 21.0. The molecule has 1 fully saturated rings. The van der Waals surface area contributed by atoms with Gasteiger partial charge in [-0.3, -0.25) is 0 Å². The van der Waals surface area contributed by atoms with Crippen molar-refractivity contribution < 1.29 is 41.6 Å². The van der Waals surface area contributed by atoms with E-state index in [0.717, 1.165) is 26.1 Å². The third-order valence-corrected chi connectivity index (χ3v) is 6.87. The Morgan fingerprint density at radius 3 is 2.42 bits per heavy atom. The summed E-state index contributed by atoms with van der Waals surface area (Å²) >= 11 is 5.61. The van der Waals surface area contributed by atoms with Gasteiger partial charge in [-0.2, -0.15) is 13.2 Å². The quantitative estimate of drug-likeness (QED) is 0.331. The van der Waals surface area contributed by atoms with Crippen LogP contribution in [-0.2, 0) is 21.4 Å². The highest BCUT2D eigenvalue weighted by Crippen LogP contribution is 2.37. The molecule has 0 aliphatic carbocycles. The highest BCUT2D eigenvalue weighted by atomic mass is 35.5. The lowest BCUT2D eigenvalue weighted by molar-refractivity contribution is -0.212. The summed E-state index contributed by atoms with van der Waals surface area (Å²) in [6.45, 7) is 1.29. The summed E-state index contributed by atoms with van der Waals surface area (Å²) in [5.41, 5.74) is -2.49. The van der Waals surface area contributed by atoms with Crippen molar-refractivity contribution in [1.29, 1.82) is 0 Å². The zero-order chi connectivity index (χ0) is 28.0. The molecule has 3 aromatic rings. The molecule has 1 saturated heterocycles. The van der Waals surface area contributed by atoms with E-state index in [9.17, 15) is 32.2 Å². The molecule has 2 aromatic heterocycles. The maximum Gasteiger partial charge on any atom is 0.413 e. The van der Waals surface area contributed by atoms with Crippen LogP contribution in [-0.4, -0.2) is 84.5 Å². The Bertz CT molecular complexity index is 1290. The van der Waals surface area contributed by atoms with Crippen LogP contribution in [0, 0.1) is 11.6 Å². The van der Waals surface area contributed by atoms with Gasteiger partial charge in [-0.05, 0) is 26.0 Å². The fraction of sp³-hybridized carbons (Fsp3) is 0.545. The molecule has 1 aliphatic rings. The monoisotopic (exact) mass is 566 g/mol. The van der Waals surface area contributed by atoms with Crippen LogP contribution in [0.5, 0.6) is 0 Å². The number of nitrogens with zero attached hydrogens (tertiary/aromatic N) is 6. The molecule has 38 heavy (non-hydrogen) atoms. The molecule has 0 saturated carbocycles. The Morgan fingerprint density at radius 2 is 1.79 bits per heavy atom. The van der Waals surface area contributed by atoms with Gasteiger partial charge in [0, 0.05) is 25.3 Å². The molecule has 0 amide bonds. The van der Waals surface area contributed by atoms with Crippen molar-refractivity contribution in [2.75, 3.05) is 13.7 Å². The molecule has 208 valence electrons. The van der Waals surface area contributed by atoms with E-state index in [-0.39, 0.29) is 23.4 Å². The van der Waals surface area contributed by atoms with Crippen LogP contribution < -0.4 is 0 Å². The second-order valence-corrected chi connectivity index (χ2v) is 9.71. The first-order valence-electron chi connectivity index (χ1n) is 11.3. The number of halogens is 6.